The summed E-state index contributed by atoms with van der Waals surface area (Å²) >= 11 is 0. The molecular weight excluding hydrogens is 218 g/mol. The molecule has 15 heavy (non-hydrogen) atoms. The maximum Gasteiger partial charge on any atom is 0.224 e. The van der Waals surface area contributed by atoms with Gasteiger partial charge in [-0.2, -0.15) is 0 Å². The zero-order valence-corrected chi connectivity index (χ0v) is 9.07. The Morgan fingerprint density at radius 2 is 2.27 bits per heavy atom. The number of carbonyl (C=O) groups is 1. The van der Waals surface area contributed by atoms with E-state index in [1.54, 1.807) is 18.3 Å². The fourth-order valence-electron chi connectivity index (χ4n) is 1.07. The molecule has 0 saturated carbocycles. The predicted molar refractivity (Wildman–Crippen MR) is 57.9 cm³/mol. The van der Waals surface area contributed by atoms with Gasteiger partial charge in [0.05, 0.1) is 5.92 Å². The Balaban J connectivity index is 0.00000196. The number of nitrogens with two attached hydrogens (primary N) is 2. The maximum absolute atomic E-state index is 10.9. The highest BCUT2D eigenvalue weighted by Crippen LogP contribution is 2.22. The van der Waals surface area contributed by atoms with Crippen molar-refractivity contribution in [3.8, 4) is 0 Å². The zero-order valence-electron chi connectivity index (χ0n) is 8.25. The molecule has 0 aliphatic carbocycles. The first-order valence-corrected chi connectivity index (χ1v) is 4.17. The van der Waals surface area contributed by atoms with E-state index in [0.717, 1.165) is 0 Å². The third-order valence-electron chi connectivity index (χ3n) is 2.21. The molecule has 0 saturated heterocycles. The van der Waals surface area contributed by atoms with Crippen LogP contribution in [-0.2, 0) is 10.5 Å². The minimum Gasteiger partial charge on any atom is -0.371 e. The molecule has 1 rings (SSSR count). The van der Waals surface area contributed by atoms with Gasteiger partial charge in [0.25, 0.3) is 0 Å². The molecule has 84 valence electrons. The molecule has 1 amide bonds. The summed E-state index contributed by atoms with van der Waals surface area (Å²) in [6.45, 7) is 1.47. The highest BCUT2D eigenvalue weighted by atomic mass is 35.5. The number of amides is 1. The van der Waals surface area contributed by atoms with Crippen LogP contribution >= 0.6 is 12.4 Å². The van der Waals surface area contributed by atoms with Gasteiger partial charge >= 0.3 is 0 Å². The molecule has 2 unspecified atom stereocenters. The Hall–Kier alpha value is -1.17. The van der Waals surface area contributed by atoms with Crippen LogP contribution in [0.3, 0.4) is 0 Å². The third kappa shape index (κ3) is 2.89. The lowest BCUT2D eigenvalue weighted by molar-refractivity contribution is -0.130. The van der Waals surface area contributed by atoms with Crippen LogP contribution < -0.4 is 11.5 Å². The van der Waals surface area contributed by atoms with Crippen molar-refractivity contribution < 1.29 is 9.90 Å². The number of nitrogens with zero attached hydrogens (tertiary/aromatic N) is 1. The molecule has 0 fully saturated rings. The molecule has 0 aromatic carbocycles. The largest absolute Gasteiger partial charge is 0.371 e. The van der Waals surface area contributed by atoms with Gasteiger partial charge in [0.1, 0.15) is 0 Å². The first-order chi connectivity index (χ1) is 6.46. The smallest absolute Gasteiger partial charge is 0.224 e. The number of aliphatic hydroxyl groups is 1. The van der Waals surface area contributed by atoms with Crippen LogP contribution in [0.2, 0.25) is 0 Å². The summed E-state index contributed by atoms with van der Waals surface area (Å²) in [7, 11) is 0. The van der Waals surface area contributed by atoms with E-state index in [1.807, 2.05) is 0 Å². The number of aromatic nitrogens is 1. The second kappa shape index (κ2) is 5.06. The van der Waals surface area contributed by atoms with Crippen LogP contribution in [0, 0.1) is 5.92 Å². The number of hydrogen-bond donors (Lipinski definition) is 3. The Bertz CT molecular complexity index is 329. The molecule has 0 aliphatic rings. The molecule has 0 radical (unpaired) electrons. The molecular formula is C9H14ClN3O2. The highest BCUT2D eigenvalue weighted by molar-refractivity contribution is 5.85. The summed E-state index contributed by atoms with van der Waals surface area (Å²) in [5.74, 6) is -1.52. The molecule has 1 aromatic heterocycles. The first-order valence-electron chi connectivity index (χ1n) is 4.17. The summed E-state index contributed by atoms with van der Waals surface area (Å²) < 4.78 is 0. The van der Waals surface area contributed by atoms with Crippen LogP contribution in [0.15, 0.2) is 24.5 Å². The minimum atomic E-state index is -1.76. The average molecular weight is 232 g/mol. The van der Waals surface area contributed by atoms with Crippen molar-refractivity contribution in [2.45, 2.75) is 12.6 Å². The van der Waals surface area contributed by atoms with Gasteiger partial charge in [-0.3, -0.25) is 15.5 Å². The molecule has 0 aliphatic heterocycles. The standard InChI is InChI=1S/C9H13N3O2.ClH/c1-6(8(10)13)9(11,14)7-3-2-4-12-5-7;/h2-6,14H,11H2,1H3,(H2,10,13);1H. The lowest BCUT2D eigenvalue weighted by Crippen LogP contribution is -2.48. The monoisotopic (exact) mass is 231 g/mol. The molecule has 1 heterocycles. The molecule has 5 nitrogen and oxygen atoms in total. The van der Waals surface area contributed by atoms with Crippen molar-refractivity contribution in [2.75, 3.05) is 0 Å². The van der Waals surface area contributed by atoms with Crippen molar-refractivity contribution >= 4 is 18.3 Å². The van der Waals surface area contributed by atoms with Crippen LogP contribution in [-0.4, -0.2) is 16.0 Å². The van der Waals surface area contributed by atoms with E-state index in [4.69, 9.17) is 11.5 Å². The summed E-state index contributed by atoms with van der Waals surface area (Å²) in [4.78, 5) is 14.7. The zero-order chi connectivity index (χ0) is 10.8. The first kappa shape index (κ1) is 13.8. The van der Waals surface area contributed by atoms with Gasteiger partial charge in [-0.15, -0.1) is 12.4 Å². The van der Waals surface area contributed by atoms with Crippen molar-refractivity contribution in [2.24, 2.45) is 17.4 Å². The summed E-state index contributed by atoms with van der Waals surface area (Å²) in [6.07, 6.45) is 2.95. The van der Waals surface area contributed by atoms with Crippen molar-refractivity contribution in [3.63, 3.8) is 0 Å². The van der Waals surface area contributed by atoms with Gasteiger partial charge in [-0.25, -0.2) is 0 Å². The van der Waals surface area contributed by atoms with E-state index in [9.17, 15) is 9.90 Å². The topological polar surface area (TPSA) is 102 Å². The Morgan fingerprint density at radius 1 is 1.67 bits per heavy atom. The van der Waals surface area contributed by atoms with Gasteiger partial charge in [-0.05, 0) is 13.0 Å². The quantitative estimate of drug-likeness (QED) is 0.623. The van der Waals surface area contributed by atoms with E-state index >= 15 is 0 Å². The lowest BCUT2D eigenvalue weighted by atomic mass is 9.91. The van der Waals surface area contributed by atoms with Gasteiger partial charge in [0, 0.05) is 18.0 Å². The highest BCUT2D eigenvalue weighted by Gasteiger charge is 2.35. The molecule has 0 bridgehead atoms. The van der Waals surface area contributed by atoms with Crippen LogP contribution in [0.1, 0.15) is 12.5 Å². The second-order valence-electron chi connectivity index (χ2n) is 3.19. The molecule has 0 spiro atoms. The van der Waals surface area contributed by atoms with E-state index in [1.165, 1.54) is 13.1 Å². The summed E-state index contributed by atoms with van der Waals surface area (Å²) in [6, 6.07) is 3.22. The number of halogens is 1. The van der Waals surface area contributed by atoms with E-state index < -0.39 is 17.6 Å². The SMILES string of the molecule is CC(C(N)=O)C(N)(O)c1cccnc1.Cl. The normalized spacial score (nSPS) is 15.9. The van der Waals surface area contributed by atoms with Crippen LogP contribution in [0.25, 0.3) is 0 Å². The Labute approximate surface area is 93.9 Å². The van der Waals surface area contributed by atoms with Crippen LogP contribution in [0.4, 0.5) is 0 Å². The molecule has 5 N–H and O–H groups in total. The Kier molecular flexibility index (Phi) is 4.67. The van der Waals surface area contributed by atoms with Gasteiger partial charge in [0.15, 0.2) is 5.72 Å². The number of primary amides is 1. The predicted octanol–water partition coefficient (Wildman–Crippen LogP) is -0.271. The van der Waals surface area contributed by atoms with Crippen molar-refractivity contribution in [1.82, 2.24) is 4.98 Å². The minimum absolute atomic E-state index is 0. The number of rotatable bonds is 3. The number of pyridine rings is 1. The van der Waals surface area contributed by atoms with E-state index in [0.29, 0.717) is 5.56 Å². The van der Waals surface area contributed by atoms with Crippen LogP contribution in [0.5, 0.6) is 0 Å². The van der Waals surface area contributed by atoms with Crippen molar-refractivity contribution in [1.29, 1.82) is 0 Å². The summed E-state index contributed by atoms with van der Waals surface area (Å²) in [5.41, 5.74) is 9.26. The summed E-state index contributed by atoms with van der Waals surface area (Å²) in [5, 5.41) is 9.86. The van der Waals surface area contributed by atoms with Gasteiger partial charge in [-0.1, -0.05) is 6.07 Å². The Morgan fingerprint density at radius 3 is 2.67 bits per heavy atom. The second-order valence-corrected chi connectivity index (χ2v) is 3.19. The molecule has 1 aromatic rings. The fourth-order valence-corrected chi connectivity index (χ4v) is 1.07. The molecule has 2 atom stereocenters. The number of carbonyl (C=O) groups excluding carboxylic acids is 1. The lowest BCUT2D eigenvalue weighted by Gasteiger charge is -2.27. The third-order valence-corrected chi connectivity index (χ3v) is 2.21. The van der Waals surface area contributed by atoms with Crippen molar-refractivity contribution in [3.05, 3.63) is 30.1 Å². The van der Waals surface area contributed by atoms with Gasteiger partial charge < -0.3 is 10.8 Å². The fraction of sp³-hybridized carbons (Fsp3) is 0.333. The van der Waals surface area contributed by atoms with E-state index in [-0.39, 0.29) is 12.4 Å². The van der Waals surface area contributed by atoms with E-state index in [2.05, 4.69) is 4.98 Å². The van der Waals surface area contributed by atoms with Gasteiger partial charge in [0.2, 0.25) is 5.91 Å². The average Bonchev–Trinajstić information content (AvgIpc) is 2.18. The maximum atomic E-state index is 10.9. The molecule has 6 heteroatoms. The number of hydrogen-bond acceptors (Lipinski definition) is 4.